The minimum atomic E-state index is -3.66. The van der Waals surface area contributed by atoms with E-state index in [2.05, 4.69) is 9.88 Å². The van der Waals surface area contributed by atoms with Gasteiger partial charge in [-0.1, -0.05) is 0 Å². The second-order valence-corrected chi connectivity index (χ2v) is 10.7. The van der Waals surface area contributed by atoms with Crippen LogP contribution in [0.5, 0.6) is 0 Å². The Kier molecular flexibility index (Phi) is 6.49. The summed E-state index contributed by atoms with van der Waals surface area (Å²) in [5.74, 6) is 0. The van der Waals surface area contributed by atoms with Crippen LogP contribution in [0.3, 0.4) is 0 Å². The predicted molar refractivity (Wildman–Crippen MR) is 100 cm³/mol. The van der Waals surface area contributed by atoms with Crippen LogP contribution < -0.4 is 0 Å². The smallest absolute Gasteiger partial charge is 0.244 e. The third-order valence-electron chi connectivity index (χ3n) is 4.97. The first kappa shape index (κ1) is 20.6. The molecule has 2 fully saturated rings. The lowest BCUT2D eigenvalue weighted by Gasteiger charge is -2.31. The molecule has 0 aromatic carbocycles. The highest BCUT2D eigenvalue weighted by molar-refractivity contribution is 7.89. The molecule has 1 unspecified atom stereocenters. The van der Waals surface area contributed by atoms with E-state index < -0.39 is 20.0 Å². The molecule has 0 radical (unpaired) electrons. The van der Waals surface area contributed by atoms with Crippen LogP contribution in [0.2, 0.25) is 0 Å². The van der Waals surface area contributed by atoms with Crippen LogP contribution in [0, 0.1) is 0 Å². The maximum Gasteiger partial charge on any atom is 0.244 e. The van der Waals surface area contributed by atoms with Gasteiger partial charge in [-0.05, 0) is 18.6 Å². The molecular weight excluding hydrogens is 392 g/mol. The third kappa shape index (κ3) is 5.04. The first-order chi connectivity index (χ1) is 12.8. The van der Waals surface area contributed by atoms with Crippen LogP contribution in [-0.4, -0.2) is 100 Å². The SMILES string of the molecule is CS(=O)(=O)N(CCN1CCOCC1)C1CCN(S(=O)(=O)c2cccnc2)C1. The van der Waals surface area contributed by atoms with Crippen LogP contribution in [-0.2, 0) is 24.8 Å². The molecule has 1 atom stereocenters. The zero-order valence-electron chi connectivity index (χ0n) is 15.4. The summed E-state index contributed by atoms with van der Waals surface area (Å²) in [6.07, 6.45) is 4.50. The fourth-order valence-electron chi connectivity index (χ4n) is 3.50. The predicted octanol–water partition coefficient (Wildman–Crippen LogP) is -0.562. The van der Waals surface area contributed by atoms with Gasteiger partial charge in [-0.15, -0.1) is 0 Å². The lowest BCUT2D eigenvalue weighted by molar-refractivity contribution is 0.0354. The van der Waals surface area contributed by atoms with E-state index in [1.807, 2.05) is 0 Å². The van der Waals surface area contributed by atoms with Crippen molar-refractivity contribution in [2.24, 2.45) is 0 Å². The Bertz CT molecular complexity index is 826. The van der Waals surface area contributed by atoms with Gasteiger partial charge in [0, 0.05) is 57.7 Å². The van der Waals surface area contributed by atoms with Gasteiger partial charge in [-0.25, -0.2) is 16.8 Å². The molecule has 11 heteroatoms. The number of nitrogens with zero attached hydrogens (tertiary/aromatic N) is 4. The minimum absolute atomic E-state index is 0.130. The topological polar surface area (TPSA) is 100 Å². The van der Waals surface area contributed by atoms with Crippen LogP contribution >= 0.6 is 0 Å². The summed E-state index contributed by atoms with van der Waals surface area (Å²) in [5, 5.41) is 0. The van der Waals surface area contributed by atoms with E-state index in [9.17, 15) is 16.8 Å². The van der Waals surface area contributed by atoms with E-state index in [-0.39, 0.29) is 17.5 Å². The van der Waals surface area contributed by atoms with Gasteiger partial charge < -0.3 is 4.74 Å². The fourth-order valence-corrected chi connectivity index (χ4v) is 6.08. The Labute approximate surface area is 161 Å². The second-order valence-electron chi connectivity index (χ2n) is 6.82. The van der Waals surface area contributed by atoms with E-state index >= 15 is 0 Å². The van der Waals surface area contributed by atoms with Crippen LogP contribution in [0.4, 0.5) is 0 Å². The molecule has 3 heterocycles. The molecule has 0 spiro atoms. The summed E-state index contributed by atoms with van der Waals surface area (Å²) in [4.78, 5) is 6.17. The second kappa shape index (κ2) is 8.50. The number of pyridine rings is 1. The zero-order chi connectivity index (χ0) is 19.5. The lowest BCUT2D eigenvalue weighted by atomic mass is 10.2. The van der Waals surface area contributed by atoms with Crippen molar-refractivity contribution < 1.29 is 21.6 Å². The van der Waals surface area contributed by atoms with Crippen molar-refractivity contribution in [1.29, 1.82) is 0 Å². The van der Waals surface area contributed by atoms with Crippen LogP contribution in [0.25, 0.3) is 0 Å². The van der Waals surface area contributed by atoms with Gasteiger partial charge in [0.1, 0.15) is 4.90 Å². The number of morpholine rings is 1. The van der Waals surface area contributed by atoms with Crippen molar-refractivity contribution in [3.05, 3.63) is 24.5 Å². The quantitative estimate of drug-likeness (QED) is 0.585. The molecule has 27 heavy (non-hydrogen) atoms. The number of hydrogen-bond donors (Lipinski definition) is 0. The molecule has 0 saturated carbocycles. The van der Waals surface area contributed by atoms with Gasteiger partial charge in [0.05, 0.1) is 19.5 Å². The lowest BCUT2D eigenvalue weighted by Crippen LogP contribution is -2.47. The molecule has 152 valence electrons. The van der Waals surface area contributed by atoms with Crippen molar-refractivity contribution in [2.75, 3.05) is 58.7 Å². The monoisotopic (exact) mass is 418 g/mol. The molecule has 3 rings (SSSR count). The molecule has 0 bridgehead atoms. The largest absolute Gasteiger partial charge is 0.379 e. The number of rotatable bonds is 7. The molecule has 2 aliphatic rings. The van der Waals surface area contributed by atoms with Gasteiger partial charge in [0.2, 0.25) is 20.0 Å². The molecular formula is C16H26N4O5S2. The number of ether oxygens (including phenoxy) is 1. The summed E-state index contributed by atoms with van der Waals surface area (Å²) in [6, 6.07) is 2.72. The normalized spacial score (nSPS) is 23.1. The highest BCUT2D eigenvalue weighted by atomic mass is 32.2. The van der Waals surface area contributed by atoms with Crippen molar-refractivity contribution in [3.8, 4) is 0 Å². The Balaban J connectivity index is 1.68. The van der Waals surface area contributed by atoms with Gasteiger partial charge in [-0.3, -0.25) is 9.88 Å². The van der Waals surface area contributed by atoms with Crippen molar-refractivity contribution in [1.82, 2.24) is 18.5 Å². The molecule has 2 aliphatic heterocycles. The van der Waals surface area contributed by atoms with E-state index in [0.29, 0.717) is 39.3 Å². The van der Waals surface area contributed by atoms with Crippen molar-refractivity contribution >= 4 is 20.0 Å². The third-order valence-corrected chi connectivity index (χ3v) is 8.15. The van der Waals surface area contributed by atoms with E-state index in [4.69, 9.17) is 4.74 Å². The summed E-state index contributed by atoms with van der Waals surface area (Å²) in [6.45, 7) is 4.29. The van der Waals surface area contributed by atoms with Crippen molar-refractivity contribution in [2.45, 2.75) is 17.4 Å². The van der Waals surface area contributed by atoms with Gasteiger partial charge in [0.25, 0.3) is 0 Å². The standard InChI is InChI=1S/C16H26N4O5S2/c1-26(21,22)20(8-7-18-9-11-25-12-10-18)15-4-6-19(14-15)27(23,24)16-3-2-5-17-13-16/h2-3,5,13,15H,4,6-12,14H2,1H3. The molecule has 0 N–H and O–H groups in total. The van der Waals surface area contributed by atoms with Gasteiger partial charge >= 0.3 is 0 Å². The zero-order valence-corrected chi connectivity index (χ0v) is 17.0. The average Bonchev–Trinajstić information content (AvgIpc) is 3.13. The van der Waals surface area contributed by atoms with E-state index in [1.54, 1.807) is 6.07 Å². The molecule has 1 aromatic rings. The molecule has 0 aliphatic carbocycles. The minimum Gasteiger partial charge on any atom is -0.379 e. The van der Waals surface area contributed by atoms with Crippen LogP contribution in [0.1, 0.15) is 6.42 Å². The highest BCUT2D eigenvalue weighted by Crippen LogP contribution is 2.24. The fraction of sp³-hybridized carbons (Fsp3) is 0.688. The van der Waals surface area contributed by atoms with E-state index in [1.165, 1.54) is 33.3 Å². The number of aromatic nitrogens is 1. The Morgan fingerprint density at radius 3 is 2.59 bits per heavy atom. The summed E-state index contributed by atoms with van der Waals surface area (Å²) < 4.78 is 58.3. The van der Waals surface area contributed by atoms with Crippen molar-refractivity contribution in [3.63, 3.8) is 0 Å². The van der Waals surface area contributed by atoms with Gasteiger partial charge in [0.15, 0.2) is 0 Å². The number of sulfonamides is 2. The first-order valence-electron chi connectivity index (χ1n) is 8.95. The summed E-state index contributed by atoms with van der Waals surface area (Å²) in [5.41, 5.74) is 0. The summed E-state index contributed by atoms with van der Waals surface area (Å²) in [7, 11) is -7.10. The maximum absolute atomic E-state index is 12.8. The van der Waals surface area contributed by atoms with E-state index in [0.717, 1.165) is 13.1 Å². The summed E-state index contributed by atoms with van der Waals surface area (Å²) >= 11 is 0. The molecule has 9 nitrogen and oxygen atoms in total. The Morgan fingerprint density at radius 1 is 1.22 bits per heavy atom. The molecule has 2 saturated heterocycles. The number of hydrogen-bond acceptors (Lipinski definition) is 7. The Hall–Kier alpha value is -1.11. The highest BCUT2D eigenvalue weighted by Gasteiger charge is 2.38. The molecule has 0 amide bonds. The van der Waals surface area contributed by atoms with Gasteiger partial charge in [-0.2, -0.15) is 8.61 Å². The first-order valence-corrected chi connectivity index (χ1v) is 12.2. The maximum atomic E-state index is 12.8. The Morgan fingerprint density at radius 2 is 1.96 bits per heavy atom. The average molecular weight is 419 g/mol. The van der Waals surface area contributed by atoms with Crippen LogP contribution in [0.15, 0.2) is 29.4 Å². The molecule has 1 aromatic heterocycles.